The highest BCUT2D eigenvalue weighted by Crippen LogP contribution is 2.30. The number of carbonyl (C=O) groups is 1. The third-order valence-electron chi connectivity index (χ3n) is 4.01. The lowest BCUT2D eigenvalue weighted by atomic mass is 10.0. The van der Waals surface area contributed by atoms with Crippen LogP contribution in [0, 0.1) is 0 Å². The second-order valence-corrected chi connectivity index (χ2v) is 6.41. The van der Waals surface area contributed by atoms with Gasteiger partial charge in [-0.2, -0.15) is 13.2 Å². The van der Waals surface area contributed by atoms with Gasteiger partial charge < -0.3 is 10.2 Å². The van der Waals surface area contributed by atoms with Crippen molar-refractivity contribution in [3.05, 3.63) is 64.7 Å². The molecule has 0 unspecified atom stereocenters. The summed E-state index contributed by atoms with van der Waals surface area (Å²) in [6.07, 6.45) is -4.05. The van der Waals surface area contributed by atoms with Crippen LogP contribution in [-0.2, 0) is 12.6 Å². The van der Waals surface area contributed by atoms with Crippen LogP contribution in [-0.4, -0.2) is 23.5 Å². The number of nitrogens with one attached hydrogen (secondary N) is 1. The maximum Gasteiger partial charge on any atom is 0.416 e. The quantitative estimate of drug-likeness (QED) is 0.689. The molecule has 140 valence electrons. The number of urea groups is 1. The monoisotopic (exact) mass is 384 g/mol. The molecule has 0 radical (unpaired) electrons. The van der Waals surface area contributed by atoms with Gasteiger partial charge in [0.15, 0.2) is 0 Å². The van der Waals surface area contributed by atoms with Crippen LogP contribution in [0.3, 0.4) is 0 Å². The molecule has 0 fully saturated rings. The SMILES string of the molecule is CCN(C(=O)Nc1ccc(Cl)cc1)[C@@H](C)Cc1cccc(C(F)(F)F)c1. The van der Waals surface area contributed by atoms with Crippen molar-refractivity contribution in [1.82, 2.24) is 4.90 Å². The van der Waals surface area contributed by atoms with E-state index in [2.05, 4.69) is 5.32 Å². The van der Waals surface area contributed by atoms with Crippen LogP contribution >= 0.6 is 11.6 Å². The Morgan fingerprint density at radius 2 is 1.85 bits per heavy atom. The number of hydrogen-bond donors (Lipinski definition) is 1. The minimum atomic E-state index is -4.38. The van der Waals surface area contributed by atoms with E-state index in [4.69, 9.17) is 11.6 Å². The van der Waals surface area contributed by atoms with Gasteiger partial charge in [-0.25, -0.2) is 4.79 Å². The summed E-state index contributed by atoms with van der Waals surface area (Å²) in [5, 5.41) is 3.33. The lowest BCUT2D eigenvalue weighted by molar-refractivity contribution is -0.137. The lowest BCUT2D eigenvalue weighted by Crippen LogP contribution is -2.42. The number of anilines is 1. The van der Waals surface area contributed by atoms with E-state index in [1.807, 2.05) is 13.8 Å². The van der Waals surface area contributed by atoms with Crippen molar-refractivity contribution >= 4 is 23.3 Å². The largest absolute Gasteiger partial charge is 0.416 e. The highest BCUT2D eigenvalue weighted by Gasteiger charge is 2.30. The first-order valence-electron chi connectivity index (χ1n) is 8.20. The average molecular weight is 385 g/mol. The summed E-state index contributed by atoms with van der Waals surface area (Å²) in [6, 6.07) is 11.3. The molecule has 26 heavy (non-hydrogen) atoms. The van der Waals surface area contributed by atoms with E-state index in [-0.39, 0.29) is 12.1 Å². The van der Waals surface area contributed by atoms with Gasteiger partial charge in [0.1, 0.15) is 0 Å². The van der Waals surface area contributed by atoms with Gasteiger partial charge in [-0.1, -0.05) is 29.8 Å². The number of alkyl halides is 3. The van der Waals surface area contributed by atoms with Crippen molar-refractivity contribution < 1.29 is 18.0 Å². The summed E-state index contributed by atoms with van der Waals surface area (Å²) >= 11 is 5.82. The number of benzene rings is 2. The van der Waals surface area contributed by atoms with Crippen molar-refractivity contribution in [3.63, 3.8) is 0 Å². The van der Waals surface area contributed by atoms with E-state index in [1.54, 1.807) is 35.2 Å². The molecule has 3 nitrogen and oxygen atoms in total. The Kier molecular flexibility index (Phi) is 6.53. The summed E-state index contributed by atoms with van der Waals surface area (Å²) in [5.41, 5.74) is 0.449. The highest BCUT2D eigenvalue weighted by molar-refractivity contribution is 6.30. The number of halogens is 4. The number of nitrogens with zero attached hydrogens (tertiary/aromatic N) is 1. The molecule has 0 aliphatic heterocycles. The molecular weight excluding hydrogens is 365 g/mol. The predicted octanol–water partition coefficient (Wildman–Crippen LogP) is 5.84. The lowest BCUT2D eigenvalue weighted by Gasteiger charge is -2.28. The van der Waals surface area contributed by atoms with Gasteiger partial charge in [-0.05, 0) is 56.2 Å². The Balaban J connectivity index is 2.07. The Hall–Kier alpha value is -2.21. The molecule has 0 aromatic heterocycles. The molecule has 1 N–H and O–H groups in total. The van der Waals surface area contributed by atoms with Gasteiger partial charge in [0.05, 0.1) is 5.56 Å². The fourth-order valence-corrected chi connectivity index (χ4v) is 2.84. The van der Waals surface area contributed by atoms with Gasteiger partial charge in [-0.3, -0.25) is 0 Å². The number of rotatable bonds is 5. The fraction of sp³-hybridized carbons (Fsp3) is 0.316. The van der Waals surface area contributed by atoms with E-state index in [9.17, 15) is 18.0 Å². The molecule has 0 aliphatic carbocycles. The van der Waals surface area contributed by atoms with Crippen molar-refractivity contribution in [1.29, 1.82) is 0 Å². The van der Waals surface area contributed by atoms with Crippen LogP contribution in [0.2, 0.25) is 5.02 Å². The van der Waals surface area contributed by atoms with Gasteiger partial charge in [0, 0.05) is 23.3 Å². The summed E-state index contributed by atoms with van der Waals surface area (Å²) in [7, 11) is 0. The summed E-state index contributed by atoms with van der Waals surface area (Å²) in [4.78, 5) is 14.1. The number of hydrogen-bond acceptors (Lipinski definition) is 1. The third-order valence-corrected chi connectivity index (χ3v) is 4.27. The van der Waals surface area contributed by atoms with Crippen LogP contribution < -0.4 is 5.32 Å². The Morgan fingerprint density at radius 3 is 2.42 bits per heavy atom. The molecule has 0 spiro atoms. The first-order valence-corrected chi connectivity index (χ1v) is 8.58. The first-order chi connectivity index (χ1) is 12.2. The zero-order valence-electron chi connectivity index (χ0n) is 14.5. The Morgan fingerprint density at radius 1 is 1.19 bits per heavy atom. The molecule has 0 aliphatic rings. The third kappa shape index (κ3) is 5.39. The van der Waals surface area contributed by atoms with Gasteiger partial charge in [0.25, 0.3) is 0 Å². The van der Waals surface area contributed by atoms with Crippen molar-refractivity contribution in [2.45, 2.75) is 32.5 Å². The normalized spacial score (nSPS) is 12.5. The summed E-state index contributed by atoms with van der Waals surface area (Å²) < 4.78 is 38.5. The van der Waals surface area contributed by atoms with Crippen molar-refractivity contribution in [2.75, 3.05) is 11.9 Å². The zero-order valence-corrected chi connectivity index (χ0v) is 15.2. The maximum absolute atomic E-state index is 12.8. The van der Waals surface area contributed by atoms with E-state index >= 15 is 0 Å². The van der Waals surface area contributed by atoms with E-state index < -0.39 is 11.7 Å². The van der Waals surface area contributed by atoms with Crippen LogP contribution in [0.1, 0.15) is 25.0 Å². The van der Waals surface area contributed by atoms with E-state index in [0.717, 1.165) is 12.1 Å². The van der Waals surface area contributed by atoms with Gasteiger partial charge in [0.2, 0.25) is 0 Å². The minimum absolute atomic E-state index is 0.268. The van der Waals surface area contributed by atoms with Crippen molar-refractivity contribution in [2.24, 2.45) is 0 Å². The van der Waals surface area contributed by atoms with Gasteiger partial charge in [-0.15, -0.1) is 0 Å². The summed E-state index contributed by atoms with van der Waals surface area (Å²) in [5.74, 6) is 0. The zero-order chi connectivity index (χ0) is 19.3. The predicted molar refractivity (Wildman–Crippen MR) is 97.5 cm³/mol. The Labute approximate surface area is 155 Å². The van der Waals surface area contributed by atoms with Crippen LogP contribution in [0.4, 0.5) is 23.7 Å². The molecule has 0 heterocycles. The van der Waals surface area contributed by atoms with E-state index in [0.29, 0.717) is 29.2 Å². The topological polar surface area (TPSA) is 32.3 Å². The highest BCUT2D eigenvalue weighted by atomic mass is 35.5. The molecule has 0 saturated heterocycles. The molecule has 2 rings (SSSR count). The molecule has 0 bridgehead atoms. The number of amides is 2. The van der Waals surface area contributed by atoms with Crippen LogP contribution in [0.25, 0.3) is 0 Å². The first kappa shape index (κ1) is 20.1. The van der Waals surface area contributed by atoms with Crippen molar-refractivity contribution in [3.8, 4) is 0 Å². The molecule has 7 heteroatoms. The Bertz CT molecular complexity index is 747. The minimum Gasteiger partial charge on any atom is -0.322 e. The molecule has 1 atom stereocenters. The second kappa shape index (κ2) is 8.45. The number of carbonyl (C=O) groups excluding carboxylic acids is 1. The molecule has 0 saturated carbocycles. The summed E-state index contributed by atoms with van der Waals surface area (Å²) in [6.45, 7) is 4.06. The number of likely N-dealkylation sites (N-methyl/N-ethyl adjacent to an activating group) is 1. The standard InChI is InChI=1S/C19H20ClF3N2O/c1-3-25(18(26)24-17-9-7-16(20)8-10-17)13(2)11-14-5-4-6-15(12-14)19(21,22)23/h4-10,12-13H,3,11H2,1-2H3,(H,24,26)/t13-/m0/s1. The van der Waals surface area contributed by atoms with Crippen LogP contribution in [0.5, 0.6) is 0 Å². The second-order valence-electron chi connectivity index (χ2n) is 5.97. The van der Waals surface area contributed by atoms with Gasteiger partial charge >= 0.3 is 12.2 Å². The average Bonchev–Trinajstić information content (AvgIpc) is 2.57. The molecular formula is C19H20ClF3N2O. The molecule has 2 amide bonds. The smallest absolute Gasteiger partial charge is 0.322 e. The molecule has 2 aromatic carbocycles. The van der Waals surface area contributed by atoms with Crippen LogP contribution in [0.15, 0.2) is 48.5 Å². The fourth-order valence-electron chi connectivity index (χ4n) is 2.71. The molecule has 2 aromatic rings. The maximum atomic E-state index is 12.8. The van der Waals surface area contributed by atoms with E-state index in [1.165, 1.54) is 6.07 Å².